The summed E-state index contributed by atoms with van der Waals surface area (Å²) in [7, 11) is -0.802. The molecule has 0 amide bonds. The van der Waals surface area contributed by atoms with E-state index in [2.05, 4.69) is 32.3 Å². The summed E-state index contributed by atoms with van der Waals surface area (Å²) in [4.78, 5) is 4.08. The zero-order chi connectivity index (χ0) is 15.5. The molecule has 1 aromatic heterocycles. The number of anilines is 1. The Labute approximate surface area is 136 Å². The van der Waals surface area contributed by atoms with Gasteiger partial charge in [0, 0.05) is 15.8 Å². The van der Waals surface area contributed by atoms with Crippen LogP contribution in [0.15, 0.2) is 41.4 Å². The molecule has 112 valence electrons. The van der Waals surface area contributed by atoms with Gasteiger partial charge < -0.3 is 9.47 Å². The van der Waals surface area contributed by atoms with Crippen LogP contribution in [0.4, 0.5) is 5.82 Å². The minimum absolute atomic E-state index is 0.0699. The van der Waals surface area contributed by atoms with Crippen molar-refractivity contribution in [3.8, 4) is 11.5 Å². The van der Waals surface area contributed by atoms with Gasteiger partial charge in [0.05, 0.1) is 19.1 Å². The molecule has 0 saturated carbocycles. The van der Waals surface area contributed by atoms with E-state index in [1.807, 2.05) is 0 Å². The van der Waals surface area contributed by atoms with Gasteiger partial charge in [-0.3, -0.25) is 4.72 Å². The van der Waals surface area contributed by atoms with Crippen LogP contribution in [0.1, 0.15) is 0 Å². The fourth-order valence-electron chi connectivity index (χ4n) is 1.62. The molecular formula is C13H13IN2O4S. The third-order valence-electron chi connectivity index (χ3n) is 2.63. The lowest BCUT2D eigenvalue weighted by Crippen LogP contribution is -2.14. The molecule has 8 heteroatoms. The predicted molar refractivity (Wildman–Crippen MR) is 87.3 cm³/mol. The van der Waals surface area contributed by atoms with Crippen LogP contribution < -0.4 is 14.2 Å². The first-order valence-corrected chi connectivity index (χ1v) is 8.39. The summed E-state index contributed by atoms with van der Waals surface area (Å²) in [5.74, 6) is 1.06. The molecule has 0 spiro atoms. The standard InChI is InChI=1S/C13H13IN2O4S/c1-19-11-5-4-10(7-12(11)20-2)21(17,18)16-13-6-3-9(14)8-15-13/h3-8H,1-2H3,(H,15,16). The number of rotatable bonds is 5. The SMILES string of the molecule is COc1ccc(S(=O)(=O)Nc2ccc(I)cn2)cc1OC. The van der Waals surface area contributed by atoms with Crippen molar-refractivity contribution in [1.82, 2.24) is 4.98 Å². The highest BCUT2D eigenvalue weighted by Crippen LogP contribution is 2.29. The Kier molecular flexibility index (Phi) is 4.88. The topological polar surface area (TPSA) is 77.5 Å². The Morgan fingerprint density at radius 3 is 2.38 bits per heavy atom. The van der Waals surface area contributed by atoms with Crippen LogP contribution in [-0.4, -0.2) is 27.6 Å². The molecule has 0 aliphatic rings. The van der Waals surface area contributed by atoms with Crippen LogP contribution in [0.5, 0.6) is 11.5 Å². The summed E-state index contributed by atoms with van der Waals surface area (Å²) < 4.78 is 38.1. The van der Waals surface area contributed by atoms with E-state index in [0.29, 0.717) is 11.5 Å². The smallest absolute Gasteiger partial charge is 0.263 e. The van der Waals surface area contributed by atoms with Crippen molar-refractivity contribution in [1.29, 1.82) is 0 Å². The highest BCUT2D eigenvalue weighted by molar-refractivity contribution is 14.1. The minimum Gasteiger partial charge on any atom is -0.493 e. The van der Waals surface area contributed by atoms with E-state index in [1.54, 1.807) is 18.3 Å². The van der Waals surface area contributed by atoms with Gasteiger partial charge in [-0.1, -0.05) is 0 Å². The summed E-state index contributed by atoms with van der Waals surface area (Å²) in [6.45, 7) is 0. The molecule has 1 aromatic carbocycles. The van der Waals surface area contributed by atoms with E-state index < -0.39 is 10.0 Å². The number of sulfonamides is 1. The summed E-state index contributed by atoms with van der Waals surface area (Å²) in [5.41, 5.74) is 0. The molecule has 2 rings (SSSR count). The monoisotopic (exact) mass is 420 g/mol. The Morgan fingerprint density at radius 2 is 1.81 bits per heavy atom. The Hall–Kier alpha value is -1.55. The van der Waals surface area contributed by atoms with E-state index in [9.17, 15) is 8.42 Å². The quantitative estimate of drug-likeness (QED) is 0.753. The van der Waals surface area contributed by atoms with Crippen molar-refractivity contribution in [3.05, 3.63) is 40.1 Å². The number of nitrogens with one attached hydrogen (secondary N) is 1. The molecule has 0 aliphatic carbocycles. The zero-order valence-corrected chi connectivity index (χ0v) is 14.3. The van der Waals surface area contributed by atoms with E-state index in [0.717, 1.165) is 3.57 Å². The van der Waals surface area contributed by atoms with Crippen molar-refractivity contribution in [3.63, 3.8) is 0 Å². The van der Waals surface area contributed by atoms with Gasteiger partial charge in [-0.25, -0.2) is 13.4 Å². The van der Waals surface area contributed by atoms with Gasteiger partial charge in [0.2, 0.25) is 0 Å². The largest absolute Gasteiger partial charge is 0.493 e. The van der Waals surface area contributed by atoms with Crippen molar-refractivity contribution in [2.24, 2.45) is 0 Å². The number of benzene rings is 1. The fraction of sp³-hybridized carbons (Fsp3) is 0.154. The van der Waals surface area contributed by atoms with Crippen LogP contribution in [0, 0.1) is 3.57 Å². The number of nitrogens with zero attached hydrogens (tertiary/aromatic N) is 1. The molecule has 21 heavy (non-hydrogen) atoms. The van der Waals surface area contributed by atoms with Gasteiger partial charge in [0.1, 0.15) is 5.82 Å². The van der Waals surface area contributed by atoms with Crippen LogP contribution in [0.2, 0.25) is 0 Å². The van der Waals surface area contributed by atoms with Crippen LogP contribution >= 0.6 is 22.6 Å². The molecule has 0 saturated heterocycles. The van der Waals surface area contributed by atoms with E-state index in [-0.39, 0.29) is 10.7 Å². The summed E-state index contributed by atoms with van der Waals surface area (Å²) >= 11 is 2.09. The lowest BCUT2D eigenvalue weighted by molar-refractivity contribution is 0.354. The van der Waals surface area contributed by atoms with Gasteiger partial charge in [0.25, 0.3) is 10.0 Å². The van der Waals surface area contributed by atoms with Crippen molar-refractivity contribution in [2.45, 2.75) is 4.90 Å². The summed E-state index contributed by atoms with van der Waals surface area (Å²) in [6.07, 6.45) is 1.58. The molecule has 0 aliphatic heterocycles. The predicted octanol–water partition coefficient (Wildman–Crippen LogP) is 2.50. The highest BCUT2D eigenvalue weighted by atomic mass is 127. The highest BCUT2D eigenvalue weighted by Gasteiger charge is 2.17. The summed E-state index contributed by atoms with van der Waals surface area (Å²) in [5, 5.41) is 0. The average Bonchev–Trinajstić information content (AvgIpc) is 2.48. The van der Waals surface area contributed by atoms with Gasteiger partial charge in [-0.2, -0.15) is 0 Å². The minimum atomic E-state index is -3.73. The lowest BCUT2D eigenvalue weighted by Gasteiger charge is -2.11. The molecule has 1 N–H and O–H groups in total. The molecule has 0 bridgehead atoms. The zero-order valence-electron chi connectivity index (χ0n) is 11.3. The second kappa shape index (κ2) is 6.48. The maximum Gasteiger partial charge on any atom is 0.263 e. The van der Waals surface area contributed by atoms with Gasteiger partial charge in [0.15, 0.2) is 11.5 Å². The second-order valence-electron chi connectivity index (χ2n) is 3.98. The van der Waals surface area contributed by atoms with Crippen LogP contribution in [-0.2, 0) is 10.0 Å². The molecule has 0 fully saturated rings. The number of aromatic nitrogens is 1. The fourth-order valence-corrected chi connectivity index (χ4v) is 2.96. The summed E-state index contributed by atoms with van der Waals surface area (Å²) in [6, 6.07) is 7.74. The Morgan fingerprint density at radius 1 is 1.10 bits per heavy atom. The first-order valence-electron chi connectivity index (χ1n) is 5.82. The number of pyridine rings is 1. The van der Waals surface area contributed by atoms with E-state index in [1.165, 1.54) is 32.4 Å². The molecule has 0 unspecified atom stereocenters. The second-order valence-corrected chi connectivity index (χ2v) is 6.91. The molecule has 0 radical (unpaired) electrons. The maximum atomic E-state index is 12.3. The third kappa shape index (κ3) is 3.76. The van der Waals surface area contributed by atoms with Gasteiger partial charge >= 0.3 is 0 Å². The normalized spacial score (nSPS) is 11.0. The number of methoxy groups -OCH3 is 2. The molecule has 6 nitrogen and oxygen atoms in total. The van der Waals surface area contributed by atoms with Crippen molar-refractivity contribution < 1.29 is 17.9 Å². The lowest BCUT2D eigenvalue weighted by atomic mass is 10.3. The van der Waals surface area contributed by atoms with E-state index in [4.69, 9.17) is 9.47 Å². The van der Waals surface area contributed by atoms with Crippen molar-refractivity contribution in [2.75, 3.05) is 18.9 Å². The number of hydrogen-bond donors (Lipinski definition) is 1. The molecular weight excluding hydrogens is 407 g/mol. The first kappa shape index (κ1) is 15.8. The maximum absolute atomic E-state index is 12.3. The molecule has 1 heterocycles. The average molecular weight is 420 g/mol. The first-order chi connectivity index (χ1) is 9.96. The van der Waals surface area contributed by atoms with E-state index >= 15 is 0 Å². The number of ether oxygens (including phenoxy) is 2. The Balaban J connectivity index is 2.33. The van der Waals surface area contributed by atoms with Crippen molar-refractivity contribution >= 4 is 38.4 Å². The van der Waals surface area contributed by atoms with Crippen LogP contribution in [0.25, 0.3) is 0 Å². The number of hydrogen-bond acceptors (Lipinski definition) is 5. The molecule has 2 aromatic rings. The van der Waals surface area contributed by atoms with Gasteiger partial charge in [-0.05, 0) is 46.9 Å². The molecule has 0 atom stereocenters. The van der Waals surface area contributed by atoms with Gasteiger partial charge in [-0.15, -0.1) is 0 Å². The Bertz CT molecular complexity index is 732. The van der Waals surface area contributed by atoms with Crippen LogP contribution in [0.3, 0.4) is 0 Å². The number of halogens is 1. The third-order valence-corrected chi connectivity index (χ3v) is 4.62.